The molecule has 1 aliphatic rings. The molecule has 0 aromatic rings. The second kappa shape index (κ2) is 7.59. The zero-order valence-corrected chi connectivity index (χ0v) is 10.5. The quantitative estimate of drug-likeness (QED) is 0.661. The molecule has 0 unspecified atom stereocenters. The van der Waals surface area contributed by atoms with Crippen molar-refractivity contribution in [3.05, 3.63) is 0 Å². The standard InChI is InChI=1S/C14H24O2/c1-12(15)6-5-9-14(16)11-10-13-7-3-2-4-8-13/h13H,2-11H2,1H3. The molecule has 16 heavy (non-hydrogen) atoms. The van der Waals surface area contributed by atoms with Crippen LogP contribution in [-0.4, -0.2) is 11.6 Å². The summed E-state index contributed by atoms with van der Waals surface area (Å²) in [4.78, 5) is 22.3. The van der Waals surface area contributed by atoms with Gasteiger partial charge in [-0.15, -0.1) is 0 Å². The van der Waals surface area contributed by atoms with Gasteiger partial charge in [-0.3, -0.25) is 4.79 Å². The van der Waals surface area contributed by atoms with Gasteiger partial charge in [0, 0.05) is 19.3 Å². The predicted octanol–water partition coefficient (Wildman–Crippen LogP) is 3.68. The highest BCUT2D eigenvalue weighted by atomic mass is 16.1. The van der Waals surface area contributed by atoms with Crippen molar-refractivity contribution in [1.82, 2.24) is 0 Å². The van der Waals surface area contributed by atoms with Crippen molar-refractivity contribution in [3.8, 4) is 0 Å². The molecule has 1 aliphatic carbocycles. The third-order valence-electron chi connectivity index (χ3n) is 3.54. The average molecular weight is 224 g/mol. The Hall–Kier alpha value is -0.660. The highest BCUT2D eigenvalue weighted by Gasteiger charge is 2.14. The summed E-state index contributed by atoms with van der Waals surface area (Å²) in [6, 6.07) is 0. The van der Waals surface area contributed by atoms with Crippen LogP contribution in [0.25, 0.3) is 0 Å². The van der Waals surface area contributed by atoms with Crippen LogP contribution in [0, 0.1) is 5.92 Å². The molecule has 0 amide bonds. The smallest absolute Gasteiger partial charge is 0.132 e. The van der Waals surface area contributed by atoms with Gasteiger partial charge in [0.2, 0.25) is 0 Å². The van der Waals surface area contributed by atoms with Crippen molar-refractivity contribution in [2.45, 2.75) is 71.1 Å². The Morgan fingerprint density at radius 2 is 1.69 bits per heavy atom. The lowest BCUT2D eigenvalue weighted by atomic mass is 9.85. The van der Waals surface area contributed by atoms with Gasteiger partial charge in [-0.05, 0) is 25.7 Å². The summed E-state index contributed by atoms with van der Waals surface area (Å²) in [5.41, 5.74) is 0. The summed E-state index contributed by atoms with van der Waals surface area (Å²) in [6.07, 6.45) is 10.5. The first-order valence-corrected chi connectivity index (χ1v) is 6.69. The second-order valence-corrected chi connectivity index (χ2v) is 5.14. The maximum absolute atomic E-state index is 11.6. The van der Waals surface area contributed by atoms with Crippen molar-refractivity contribution >= 4 is 11.6 Å². The molecule has 0 saturated heterocycles. The van der Waals surface area contributed by atoms with Crippen LogP contribution in [0.5, 0.6) is 0 Å². The van der Waals surface area contributed by atoms with Crippen LogP contribution in [-0.2, 0) is 9.59 Å². The number of carbonyl (C=O) groups is 2. The third kappa shape index (κ3) is 6.04. The highest BCUT2D eigenvalue weighted by molar-refractivity contribution is 5.80. The fourth-order valence-electron chi connectivity index (χ4n) is 2.50. The lowest BCUT2D eigenvalue weighted by molar-refractivity contribution is -0.120. The van der Waals surface area contributed by atoms with E-state index in [9.17, 15) is 9.59 Å². The number of rotatable bonds is 7. The summed E-state index contributed by atoms with van der Waals surface area (Å²) in [7, 11) is 0. The van der Waals surface area contributed by atoms with Gasteiger partial charge in [-0.1, -0.05) is 32.1 Å². The predicted molar refractivity (Wildman–Crippen MR) is 65.3 cm³/mol. The normalized spacial score (nSPS) is 17.3. The molecule has 92 valence electrons. The maximum atomic E-state index is 11.6. The van der Waals surface area contributed by atoms with Crippen LogP contribution in [0.1, 0.15) is 71.1 Å². The summed E-state index contributed by atoms with van der Waals surface area (Å²) in [5, 5.41) is 0. The largest absolute Gasteiger partial charge is 0.300 e. The monoisotopic (exact) mass is 224 g/mol. The molecule has 0 aromatic carbocycles. The summed E-state index contributed by atoms with van der Waals surface area (Å²) >= 11 is 0. The Bertz CT molecular complexity index is 227. The average Bonchev–Trinajstić information content (AvgIpc) is 2.27. The minimum atomic E-state index is 0.195. The van der Waals surface area contributed by atoms with Gasteiger partial charge in [0.15, 0.2) is 0 Å². The van der Waals surface area contributed by atoms with E-state index in [0.717, 1.165) is 25.2 Å². The van der Waals surface area contributed by atoms with Gasteiger partial charge in [0.25, 0.3) is 0 Å². The number of Topliss-reactive ketones (excluding diaryl/α,β-unsaturated/α-hetero) is 2. The first kappa shape index (κ1) is 13.4. The van der Waals surface area contributed by atoms with E-state index < -0.39 is 0 Å². The Kier molecular flexibility index (Phi) is 6.36. The van der Waals surface area contributed by atoms with Crippen LogP contribution in [0.15, 0.2) is 0 Å². The minimum absolute atomic E-state index is 0.195. The van der Waals surface area contributed by atoms with E-state index in [-0.39, 0.29) is 5.78 Å². The molecule has 1 saturated carbocycles. The van der Waals surface area contributed by atoms with Crippen molar-refractivity contribution in [2.75, 3.05) is 0 Å². The molecular weight excluding hydrogens is 200 g/mol. The number of carbonyl (C=O) groups excluding carboxylic acids is 2. The first-order chi connectivity index (χ1) is 7.68. The van der Waals surface area contributed by atoms with Crippen LogP contribution < -0.4 is 0 Å². The van der Waals surface area contributed by atoms with Crippen molar-refractivity contribution in [1.29, 1.82) is 0 Å². The van der Waals surface area contributed by atoms with Crippen molar-refractivity contribution < 1.29 is 9.59 Å². The van der Waals surface area contributed by atoms with Gasteiger partial charge in [0.05, 0.1) is 0 Å². The Balaban J connectivity index is 2.02. The van der Waals surface area contributed by atoms with Gasteiger partial charge in [-0.2, -0.15) is 0 Å². The Labute approximate surface area is 98.8 Å². The van der Waals surface area contributed by atoms with E-state index in [1.165, 1.54) is 32.1 Å². The SMILES string of the molecule is CC(=O)CCCC(=O)CCC1CCCCC1. The summed E-state index contributed by atoms with van der Waals surface area (Å²) in [5.74, 6) is 1.34. The molecule has 0 aromatic heterocycles. The van der Waals surface area contributed by atoms with Crippen molar-refractivity contribution in [2.24, 2.45) is 5.92 Å². The summed E-state index contributed by atoms with van der Waals surface area (Å²) in [6.45, 7) is 1.59. The third-order valence-corrected chi connectivity index (χ3v) is 3.54. The van der Waals surface area contributed by atoms with E-state index in [1.807, 2.05) is 0 Å². The zero-order chi connectivity index (χ0) is 11.8. The number of ketones is 2. The van der Waals surface area contributed by atoms with E-state index in [2.05, 4.69) is 0 Å². The lowest BCUT2D eigenvalue weighted by Crippen LogP contribution is -2.09. The van der Waals surface area contributed by atoms with E-state index in [1.54, 1.807) is 6.92 Å². The van der Waals surface area contributed by atoms with Gasteiger partial charge < -0.3 is 4.79 Å². The molecule has 0 bridgehead atoms. The van der Waals surface area contributed by atoms with E-state index in [0.29, 0.717) is 18.6 Å². The fourth-order valence-corrected chi connectivity index (χ4v) is 2.50. The molecule has 2 heteroatoms. The molecule has 0 aliphatic heterocycles. The molecule has 0 N–H and O–H groups in total. The topological polar surface area (TPSA) is 34.1 Å². The molecule has 0 heterocycles. The highest BCUT2D eigenvalue weighted by Crippen LogP contribution is 2.27. The maximum Gasteiger partial charge on any atom is 0.132 e. The molecule has 0 atom stereocenters. The second-order valence-electron chi connectivity index (χ2n) is 5.14. The summed E-state index contributed by atoms with van der Waals surface area (Å²) < 4.78 is 0. The van der Waals surface area contributed by atoms with Crippen LogP contribution in [0.4, 0.5) is 0 Å². The van der Waals surface area contributed by atoms with Crippen molar-refractivity contribution in [3.63, 3.8) is 0 Å². The van der Waals surface area contributed by atoms with E-state index in [4.69, 9.17) is 0 Å². The lowest BCUT2D eigenvalue weighted by Gasteiger charge is -2.20. The fraction of sp³-hybridized carbons (Fsp3) is 0.857. The van der Waals surface area contributed by atoms with Gasteiger partial charge in [0.1, 0.15) is 11.6 Å². The first-order valence-electron chi connectivity index (χ1n) is 6.69. The van der Waals surface area contributed by atoms with Crippen LogP contribution in [0.3, 0.4) is 0 Å². The molecule has 0 spiro atoms. The zero-order valence-electron chi connectivity index (χ0n) is 10.5. The Morgan fingerprint density at radius 3 is 2.31 bits per heavy atom. The minimum Gasteiger partial charge on any atom is -0.300 e. The molecular formula is C14H24O2. The molecule has 1 rings (SSSR count). The van der Waals surface area contributed by atoms with Gasteiger partial charge >= 0.3 is 0 Å². The number of hydrogen-bond donors (Lipinski definition) is 0. The molecule has 1 fully saturated rings. The van der Waals surface area contributed by atoms with Crippen LogP contribution >= 0.6 is 0 Å². The Morgan fingerprint density at radius 1 is 1.00 bits per heavy atom. The van der Waals surface area contributed by atoms with Crippen LogP contribution in [0.2, 0.25) is 0 Å². The molecule has 2 nitrogen and oxygen atoms in total. The van der Waals surface area contributed by atoms with Gasteiger partial charge in [-0.25, -0.2) is 0 Å². The number of hydrogen-bond acceptors (Lipinski definition) is 2. The van der Waals surface area contributed by atoms with E-state index >= 15 is 0 Å². The molecule has 0 radical (unpaired) electrons.